The number of amides is 1. The van der Waals surface area contributed by atoms with Crippen LogP contribution >= 0.6 is 11.6 Å². The average Bonchev–Trinajstić information content (AvgIpc) is 3.30. The minimum atomic E-state index is -3.23. The summed E-state index contributed by atoms with van der Waals surface area (Å²) in [4.78, 5) is 13.5. The van der Waals surface area contributed by atoms with Gasteiger partial charge in [-0.1, -0.05) is 73.0 Å². The Bertz CT molecular complexity index is 1240. The average molecular weight is 487 g/mol. The number of hydrogen-bond donors (Lipinski definition) is 2. The highest BCUT2D eigenvalue weighted by Crippen LogP contribution is 2.42. The first kappa shape index (κ1) is 23.5. The molecule has 0 saturated heterocycles. The Balaban J connectivity index is 0.00000216. The van der Waals surface area contributed by atoms with Gasteiger partial charge >= 0.3 is 0 Å². The van der Waals surface area contributed by atoms with Gasteiger partial charge in [-0.2, -0.15) is 0 Å². The van der Waals surface area contributed by atoms with Crippen molar-refractivity contribution in [3.8, 4) is 11.1 Å². The standard InChI is InChI=1S/C26H27ClN2O3S.2H2/c1-33(31,32)28-18-19-7-9-20(10-8-19)21-5-4-6-24(17-21)29-25(30)26(15-2-3-16-26)22-11-13-23(27)14-12-22;;/h4-14,17,28H,2-3,15-16,18H2,1H3,(H,29,30);2*1H. The van der Waals surface area contributed by atoms with E-state index >= 15 is 0 Å². The van der Waals surface area contributed by atoms with Gasteiger partial charge < -0.3 is 5.32 Å². The molecule has 0 atom stereocenters. The van der Waals surface area contributed by atoms with Crippen LogP contribution in [-0.2, 0) is 26.8 Å². The molecule has 176 valence electrons. The van der Waals surface area contributed by atoms with Gasteiger partial charge in [-0.15, -0.1) is 0 Å². The minimum absolute atomic E-state index is 0. The van der Waals surface area contributed by atoms with Gasteiger partial charge in [0.2, 0.25) is 15.9 Å². The third kappa shape index (κ3) is 5.64. The second kappa shape index (κ2) is 9.67. The second-order valence-electron chi connectivity index (χ2n) is 8.62. The maximum atomic E-state index is 13.5. The molecule has 1 fully saturated rings. The lowest BCUT2D eigenvalue weighted by Gasteiger charge is -2.28. The smallest absolute Gasteiger partial charge is 0.235 e. The van der Waals surface area contributed by atoms with Crippen molar-refractivity contribution < 1.29 is 16.1 Å². The minimum Gasteiger partial charge on any atom is -0.325 e. The third-order valence-electron chi connectivity index (χ3n) is 6.23. The molecular formula is C26H31ClN2O3S. The molecule has 3 aromatic carbocycles. The molecule has 2 N–H and O–H groups in total. The Kier molecular flexibility index (Phi) is 6.88. The van der Waals surface area contributed by atoms with Gasteiger partial charge in [0.1, 0.15) is 0 Å². The summed E-state index contributed by atoms with van der Waals surface area (Å²) in [5, 5.41) is 3.81. The Hall–Kier alpha value is -2.67. The lowest BCUT2D eigenvalue weighted by Crippen LogP contribution is -2.37. The number of benzene rings is 3. The molecule has 0 aromatic heterocycles. The van der Waals surface area contributed by atoms with Crippen molar-refractivity contribution in [1.82, 2.24) is 4.72 Å². The normalized spacial score (nSPS) is 15.3. The Morgan fingerprint density at radius 3 is 2.27 bits per heavy atom. The molecule has 0 unspecified atom stereocenters. The Morgan fingerprint density at radius 2 is 1.64 bits per heavy atom. The summed E-state index contributed by atoms with van der Waals surface area (Å²) in [5.74, 6) is 0.0154. The Morgan fingerprint density at radius 1 is 0.970 bits per heavy atom. The van der Waals surface area contributed by atoms with Crippen molar-refractivity contribution in [2.75, 3.05) is 11.6 Å². The van der Waals surface area contributed by atoms with Crippen molar-refractivity contribution in [1.29, 1.82) is 0 Å². The second-order valence-corrected chi connectivity index (χ2v) is 10.9. The fraction of sp³-hybridized carbons (Fsp3) is 0.269. The number of hydrogen-bond acceptors (Lipinski definition) is 3. The number of rotatable bonds is 7. The highest BCUT2D eigenvalue weighted by atomic mass is 35.5. The van der Waals surface area contributed by atoms with Gasteiger partial charge in [0, 0.05) is 20.1 Å². The van der Waals surface area contributed by atoms with E-state index < -0.39 is 15.4 Å². The number of carbonyl (C=O) groups is 1. The molecule has 5 nitrogen and oxygen atoms in total. The molecule has 0 heterocycles. The largest absolute Gasteiger partial charge is 0.325 e. The molecule has 1 saturated carbocycles. The summed E-state index contributed by atoms with van der Waals surface area (Å²) in [6, 6.07) is 23.1. The summed E-state index contributed by atoms with van der Waals surface area (Å²) in [5.41, 5.74) is 4.07. The Labute approximate surface area is 203 Å². The van der Waals surface area contributed by atoms with Crippen molar-refractivity contribution in [2.24, 2.45) is 0 Å². The first-order valence-corrected chi connectivity index (χ1v) is 13.2. The van der Waals surface area contributed by atoms with Gasteiger partial charge in [0.25, 0.3) is 0 Å². The van der Waals surface area contributed by atoms with Crippen molar-refractivity contribution in [3.05, 3.63) is 88.9 Å². The van der Waals surface area contributed by atoms with Gasteiger partial charge in [0.05, 0.1) is 11.7 Å². The molecule has 0 aliphatic heterocycles. The van der Waals surface area contributed by atoms with E-state index in [-0.39, 0.29) is 15.3 Å². The van der Waals surface area contributed by atoms with Crippen LogP contribution in [0, 0.1) is 0 Å². The van der Waals surface area contributed by atoms with Crippen LogP contribution in [0.2, 0.25) is 5.02 Å². The number of halogens is 1. The summed E-state index contributed by atoms with van der Waals surface area (Å²) in [7, 11) is -3.23. The quantitative estimate of drug-likeness (QED) is 0.430. The summed E-state index contributed by atoms with van der Waals surface area (Å²) in [6.07, 6.45) is 4.84. The van der Waals surface area contributed by atoms with E-state index in [1.807, 2.05) is 72.8 Å². The van der Waals surface area contributed by atoms with Crippen molar-refractivity contribution in [2.45, 2.75) is 37.6 Å². The highest BCUT2D eigenvalue weighted by molar-refractivity contribution is 7.88. The molecule has 4 rings (SSSR count). The molecule has 0 bridgehead atoms. The summed E-state index contributed by atoms with van der Waals surface area (Å²) < 4.78 is 25.1. The van der Waals surface area contributed by atoms with Crippen LogP contribution in [0.1, 0.15) is 39.7 Å². The van der Waals surface area contributed by atoms with Crippen molar-refractivity contribution in [3.63, 3.8) is 0 Å². The van der Waals surface area contributed by atoms with E-state index in [4.69, 9.17) is 11.6 Å². The molecular weight excluding hydrogens is 456 g/mol. The lowest BCUT2D eigenvalue weighted by atomic mass is 9.78. The number of nitrogens with one attached hydrogen (secondary N) is 2. The topological polar surface area (TPSA) is 75.3 Å². The van der Waals surface area contributed by atoms with Gasteiger partial charge in [-0.25, -0.2) is 13.1 Å². The third-order valence-corrected chi connectivity index (χ3v) is 7.16. The zero-order valence-electron chi connectivity index (χ0n) is 18.5. The summed E-state index contributed by atoms with van der Waals surface area (Å²) >= 11 is 6.07. The van der Waals surface area contributed by atoms with Gasteiger partial charge in [-0.3, -0.25) is 4.79 Å². The fourth-order valence-corrected chi connectivity index (χ4v) is 5.01. The van der Waals surface area contributed by atoms with Crippen LogP contribution in [0.25, 0.3) is 11.1 Å². The molecule has 33 heavy (non-hydrogen) atoms. The maximum Gasteiger partial charge on any atom is 0.235 e. The van der Waals surface area contributed by atoms with Crippen LogP contribution < -0.4 is 10.0 Å². The maximum absolute atomic E-state index is 13.5. The lowest BCUT2D eigenvalue weighted by molar-refractivity contribution is -0.121. The van der Waals surface area contributed by atoms with E-state index in [2.05, 4.69) is 10.0 Å². The monoisotopic (exact) mass is 486 g/mol. The predicted molar refractivity (Wildman–Crippen MR) is 138 cm³/mol. The van der Waals surface area contributed by atoms with Crippen molar-refractivity contribution >= 4 is 33.2 Å². The molecule has 3 aromatic rings. The number of sulfonamides is 1. The van der Waals surface area contributed by atoms with E-state index in [9.17, 15) is 13.2 Å². The van der Waals surface area contributed by atoms with Crippen LogP contribution in [0.15, 0.2) is 72.8 Å². The molecule has 0 radical (unpaired) electrons. The fourth-order valence-electron chi connectivity index (χ4n) is 4.45. The van der Waals surface area contributed by atoms with Crippen LogP contribution in [0.4, 0.5) is 5.69 Å². The zero-order valence-corrected chi connectivity index (χ0v) is 20.0. The van der Waals surface area contributed by atoms with E-state index in [0.29, 0.717) is 5.02 Å². The summed E-state index contributed by atoms with van der Waals surface area (Å²) in [6.45, 7) is 0.252. The van der Waals surface area contributed by atoms with Crippen LogP contribution in [0.5, 0.6) is 0 Å². The van der Waals surface area contributed by atoms with Gasteiger partial charge in [-0.05, 0) is 59.4 Å². The predicted octanol–water partition coefficient (Wildman–Crippen LogP) is 6.00. The van der Waals surface area contributed by atoms with E-state index in [1.165, 1.54) is 0 Å². The number of anilines is 1. The highest BCUT2D eigenvalue weighted by Gasteiger charge is 2.42. The first-order valence-electron chi connectivity index (χ1n) is 11.0. The molecule has 7 heteroatoms. The molecule has 1 amide bonds. The van der Waals surface area contributed by atoms with Crippen LogP contribution in [0.3, 0.4) is 0 Å². The molecule has 1 aliphatic rings. The first-order chi connectivity index (χ1) is 15.7. The van der Waals surface area contributed by atoms with Gasteiger partial charge in [0.15, 0.2) is 0 Å². The number of carbonyl (C=O) groups excluding carboxylic acids is 1. The molecule has 0 spiro atoms. The van der Waals surface area contributed by atoms with E-state index in [1.54, 1.807) is 0 Å². The van der Waals surface area contributed by atoms with Crippen LogP contribution in [-0.4, -0.2) is 20.6 Å². The van der Waals surface area contributed by atoms with E-state index in [0.717, 1.165) is 59.9 Å². The SMILES string of the molecule is CS(=O)(=O)NCc1ccc(-c2cccc(NC(=O)C3(c4ccc(Cl)cc4)CCCC3)c2)cc1.[HH].[HH]. The zero-order chi connectivity index (χ0) is 23.5. The molecule has 1 aliphatic carbocycles.